The molecule has 78 valence electrons. The fourth-order valence-corrected chi connectivity index (χ4v) is 3.14. The third-order valence-corrected chi connectivity index (χ3v) is 3.38. The van der Waals surface area contributed by atoms with Crippen molar-refractivity contribution in [2.24, 2.45) is 11.8 Å². The summed E-state index contributed by atoms with van der Waals surface area (Å²) in [5.74, 6) is 1.84. The molecule has 0 bridgehead atoms. The topological polar surface area (TPSA) is 23.1 Å². The molecule has 0 saturated carbocycles. The van der Waals surface area contributed by atoms with Crippen molar-refractivity contribution in [3.63, 3.8) is 0 Å². The van der Waals surface area contributed by atoms with Crippen molar-refractivity contribution in [2.45, 2.75) is 51.1 Å². The maximum atomic E-state index is 8.25. The van der Waals surface area contributed by atoms with E-state index in [2.05, 4.69) is 27.7 Å². The number of rotatable bonds is 6. The second kappa shape index (κ2) is 12.5. The van der Waals surface area contributed by atoms with Crippen molar-refractivity contribution in [1.82, 2.24) is 0 Å². The van der Waals surface area contributed by atoms with Gasteiger partial charge in [0.25, 0.3) is 0 Å². The van der Waals surface area contributed by atoms with Crippen LogP contribution in [0.4, 0.5) is 0 Å². The van der Waals surface area contributed by atoms with Crippen molar-refractivity contribution < 1.29 is 5.11 Å². The molecule has 0 unspecified atom stereocenters. The third kappa shape index (κ3) is 19.1. The van der Waals surface area contributed by atoms with Gasteiger partial charge in [-0.05, 0) is 0 Å². The fourth-order valence-electron chi connectivity index (χ4n) is 1.05. The van der Waals surface area contributed by atoms with Gasteiger partial charge in [0.1, 0.15) is 0 Å². The Morgan fingerprint density at radius 3 is 1.38 bits per heavy atom. The van der Waals surface area contributed by atoms with E-state index in [1.165, 1.54) is 23.4 Å². The van der Waals surface area contributed by atoms with Gasteiger partial charge in [-0.3, -0.25) is 0 Å². The van der Waals surface area contributed by atoms with Crippen LogP contribution in [0.25, 0.3) is 0 Å². The van der Waals surface area contributed by atoms with Crippen LogP contribution in [0.1, 0.15) is 40.5 Å². The largest absolute Gasteiger partial charge is 0.857 e. The van der Waals surface area contributed by atoms with Crippen molar-refractivity contribution in [3.8, 4) is 0 Å². The van der Waals surface area contributed by atoms with Crippen LogP contribution < -0.4 is 5.11 Å². The molecule has 0 aliphatic heterocycles. The van der Waals surface area contributed by atoms with E-state index in [9.17, 15) is 0 Å². The van der Waals surface area contributed by atoms with Crippen LogP contribution in [0.5, 0.6) is 0 Å². The molecule has 2 heteroatoms. The van der Waals surface area contributed by atoms with E-state index >= 15 is 0 Å². The van der Waals surface area contributed by atoms with Crippen LogP contribution >= 0.6 is 0 Å². The summed E-state index contributed by atoms with van der Waals surface area (Å²) in [5, 5.41) is 11.3. The van der Waals surface area contributed by atoms with Gasteiger partial charge in [0.2, 0.25) is 0 Å². The minimum absolute atomic E-state index is 0.750. The Bertz CT molecular complexity index is 72.2. The number of hydrogen-bond donors (Lipinski definition) is 0. The summed E-state index contributed by atoms with van der Waals surface area (Å²) in [6.45, 7) is 9.29. The SMILES string of the molecule is CC(C)C[CH2][Al+][CH2]CC(C)C.C[O-]. The van der Waals surface area contributed by atoms with Crippen LogP contribution in [-0.4, -0.2) is 22.3 Å². The van der Waals surface area contributed by atoms with Gasteiger partial charge in [-0.15, -0.1) is 0 Å². The van der Waals surface area contributed by atoms with Crippen molar-refractivity contribution in [2.75, 3.05) is 7.11 Å². The normalized spacial score (nSPS) is 9.54. The molecular formula is C11H25AlO. The van der Waals surface area contributed by atoms with Gasteiger partial charge in [-0.25, -0.2) is 0 Å². The molecule has 0 rings (SSSR count). The zero-order chi connectivity index (χ0) is 10.7. The second-order valence-corrected chi connectivity index (χ2v) is 5.96. The van der Waals surface area contributed by atoms with Crippen LogP contribution in [0.15, 0.2) is 0 Å². The van der Waals surface area contributed by atoms with Crippen molar-refractivity contribution in [3.05, 3.63) is 0 Å². The molecule has 0 fully saturated rings. The van der Waals surface area contributed by atoms with E-state index in [-0.39, 0.29) is 0 Å². The maximum Gasteiger partial charge on any atom is -0.153 e. The Balaban J connectivity index is 0. The Morgan fingerprint density at radius 1 is 0.846 bits per heavy atom. The molecule has 1 nitrogen and oxygen atoms in total. The van der Waals surface area contributed by atoms with Gasteiger partial charge in [-0.2, -0.15) is 7.11 Å². The zero-order valence-electron chi connectivity index (χ0n) is 9.97. The Hall–Kier alpha value is 0.492. The molecule has 0 heterocycles. The van der Waals surface area contributed by atoms with Gasteiger partial charge < -0.3 is 5.11 Å². The molecule has 13 heavy (non-hydrogen) atoms. The van der Waals surface area contributed by atoms with Crippen LogP contribution in [0.3, 0.4) is 0 Å². The summed E-state index contributed by atoms with van der Waals surface area (Å²) in [6.07, 6.45) is 2.90. The van der Waals surface area contributed by atoms with E-state index < -0.39 is 0 Å². The molecule has 0 saturated heterocycles. The Labute approximate surface area is 90.6 Å². The first-order chi connectivity index (χ1) is 6.13. The molecule has 0 aromatic heterocycles. The summed E-state index contributed by atoms with van der Waals surface area (Å²) >= 11 is 0.772. The van der Waals surface area contributed by atoms with Crippen LogP contribution in [0, 0.1) is 11.8 Å². The molecule has 0 radical (unpaired) electrons. The molecule has 0 atom stereocenters. The predicted octanol–water partition coefficient (Wildman–Crippen LogP) is 2.60. The first-order valence-corrected chi connectivity index (χ1v) is 6.98. The zero-order valence-corrected chi connectivity index (χ0v) is 11.1. The monoisotopic (exact) mass is 200 g/mol. The van der Waals surface area contributed by atoms with Crippen LogP contribution in [-0.2, 0) is 0 Å². The van der Waals surface area contributed by atoms with E-state index in [0.29, 0.717) is 0 Å². The third-order valence-electron chi connectivity index (χ3n) is 1.90. The molecule has 0 aromatic rings. The summed E-state index contributed by atoms with van der Waals surface area (Å²) < 4.78 is 0. The standard InChI is InChI=1S/2C5H11.CH3O.Al/c2*1-4-5(2)3;1-2;/h2*5H,1,4H2,2-3H3;1H3;/q;;-1;+1. The summed E-state index contributed by atoms with van der Waals surface area (Å²) in [6, 6.07) is 0. The van der Waals surface area contributed by atoms with E-state index in [1.807, 2.05) is 0 Å². The van der Waals surface area contributed by atoms with E-state index in [0.717, 1.165) is 34.2 Å². The minimum atomic E-state index is 0.750. The van der Waals surface area contributed by atoms with Gasteiger partial charge in [0.05, 0.1) is 0 Å². The van der Waals surface area contributed by atoms with Crippen molar-refractivity contribution >= 4 is 15.2 Å². The van der Waals surface area contributed by atoms with E-state index in [4.69, 9.17) is 5.11 Å². The Morgan fingerprint density at radius 2 is 1.15 bits per heavy atom. The quantitative estimate of drug-likeness (QED) is 0.477. The summed E-state index contributed by atoms with van der Waals surface area (Å²) in [7, 11) is 0.750. The molecule has 0 amide bonds. The van der Waals surface area contributed by atoms with Gasteiger partial charge >= 0.3 is 78.2 Å². The van der Waals surface area contributed by atoms with Gasteiger partial charge in [0.15, 0.2) is 0 Å². The van der Waals surface area contributed by atoms with Gasteiger partial charge in [-0.1, -0.05) is 0 Å². The maximum absolute atomic E-state index is 8.25. The van der Waals surface area contributed by atoms with Gasteiger partial charge in [0, 0.05) is 0 Å². The average Bonchev–Trinajstić information content (AvgIpc) is 2.06. The summed E-state index contributed by atoms with van der Waals surface area (Å²) in [4.78, 5) is 0. The predicted molar refractivity (Wildman–Crippen MR) is 60.2 cm³/mol. The Kier molecular flexibility index (Phi) is 15.3. The second-order valence-electron chi connectivity index (χ2n) is 4.23. The first kappa shape index (κ1) is 15.9. The number of hydrogen-bond acceptors (Lipinski definition) is 1. The van der Waals surface area contributed by atoms with Crippen molar-refractivity contribution in [1.29, 1.82) is 0 Å². The van der Waals surface area contributed by atoms with E-state index in [1.54, 1.807) is 0 Å². The minimum Gasteiger partial charge on any atom is -0.857 e. The fraction of sp³-hybridized carbons (Fsp3) is 1.00. The average molecular weight is 200 g/mol. The smallest absolute Gasteiger partial charge is 0.153 e. The molecule has 0 aromatic carbocycles. The molecule has 0 spiro atoms. The molecule has 0 aliphatic carbocycles. The summed E-state index contributed by atoms with van der Waals surface area (Å²) in [5.41, 5.74) is 0. The molecule has 0 aliphatic rings. The first-order valence-electron chi connectivity index (χ1n) is 5.35. The molecule has 0 N–H and O–H groups in total. The molecular weight excluding hydrogens is 175 g/mol. The van der Waals surface area contributed by atoms with Crippen LogP contribution in [0.2, 0.25) is 10.6 Å².